The van der Waals surface area contributed by atoms with Gasteiger partial charge in [0.05, 0.1) is 6.54 Å². The van der Waals surface area contributed by atoms with Gasteiger partial charge in [0.2, 0.25) is 6.29 Å². The van der Waals surface area contributed by atoms with Crippen LogP contribution in [0.1, 0.15) is 13.3 Å². The third-order valence-corrected chi connectivity index (χ3v) is 3.17. The summed E-state index contributed by atoms with van der Waals surface area (Å²) in [4.78, 5) is 13.6. The predicted molar refractivity (Wildman–Crippen MR) is 88.5 cm³/mol. The van der Waals surface area contributed by atoms with Gasteiger partial charge in [-0.1, -0.05) is 43.3 Å². The van der Waals surface area contributed by atoms with Crippen LogP contribution in [-0.2, 0) is 4.74 Å². The summed E-state index contributed by atoms with van der Waals surface area (Å²) in [6.07, 6.45) is -1.28. The predicted octanol–water partition coefficient (Wildman–Crippen LogP) is 3.44. The minimum atomic E-state index is -1.27. The van der Waals surface area contributed by atoms with Gasteiger partial charge in [-0.3, -0.25) is 0 Å². The van der Waals surface area contributed by atoms with Gasteiger partial charge < -0.3 is 19.5 Å². The molecule has 0 saturated heterocycles. The average molecular weight is 315 g/mol. The van der Waals surface area contributed by atoms with Crippen molar-refractivity contribution in [3.05, 3.63) is 60.7 Å². The Morgan fingerprint density at radius 1 is 1.09 bits per heavy atom. The third kappa shape index (κ3) is 5.64. The van der Waals surface area contributed by atoms with E-state index in [1.54, 1.807) is 24.3 Å². The smallest absolute Gasteiger partial charge is 0.402 e. The number of anilines is 1. The van der Waals surface area contributed by atoms with E-state index in [1.165, 1.54) is 0 Å². The van der Waals surface area contributed by atoms with Crippen molar-refractivity contribution in [3.8, 4) is 5.75 Å². The van der Waals surface area contributed by atoms with Crippen LogP contribution in [0.2, 0.25) is 0 Å². The number of hydrogen-bond acceptors (Lipinski definition) is 5. The number of benzene rings is 2. The van der Waals surface area contributed by atoms with Gasteiger partial charge in [-0.2, -0.15) is 0 Å². The Balaban J connectivity index is 1.89. The molecule has 0 aliphatic carbocycles. The molecule has 1 unspecified atom stereocenters. The van der Waals surface area contributed by atoms with E-state index in [9.17, 15) is 9.90 Å². The molecule has 0 aliphatic rings. The number of ether oxygens (including phenoxy) is 2. The molecule has 0 amide bonds. The Hall–Kier alpha value is -2.53. The molecule has 0 radical (unpaired) electrons. The van der Waals surface area contributed by atoms with Crippen LogP contribution in [0.5, 0.6) is 5.75 Å². The fraction of sp³-hybridized carbons (Fsp3) is 0.278. The number of rotatable bonds is 7. The molecule has 0 fully saturated rings. The first-order valence-corrected chi connectivity index (χ1v) is 7.60. The van der Waals surface area contributed by atoms with Gasteiger partial charge in [-0.05, 0) is 30.7 Å². The maximum absolute atomic E-state index is 11.7. The van der Waals surface area contributed by atoms with Crippen LogP contribution in [0.4, 0.5) is 10.5 Å². The lowest BCUT2D eigenvalue weighted by molar-refractivity contribution is -0.0610. The standard InChI is InChI=1S/C18H21NO4/c1-2-13-19(15-9-5-3-6-10-15)14-17(20)23-18(21)22-16-11-7-4-8-12-16/h3-12,17,20H,2,13-14H2,1H3. The van der Waals surface area contributed by atoms with Gasteiger partial charge >= 0.3 is 6.16 Å². The van der Waals surface area contributed by atoms with E-state index in [4.69, 9.17) is 9.47 Å². The molecule has 1 atom stereocenters. The molecule has 2 aromatic carbocycles. The topological polar surface area (TPSA) is 59.0 Å². The molecule has 1 N–H and O–H groups in total. The zero-order valence-electron chi connectivity index (χ0n) is 13.1. The van der Waals surface area contributed by atoms with E-state index in [0.29, 0.717) is 5.75 Å². The molecular weight excluding hydrogens is 294 g/mol. The number of para-hydroxylation sites is 2. The number of carbonyl (C=O) groups is 1. The largest absolute Gasteiger partial charge is 0.516 e. The molecule has 5 heteroatoms. The van der Waals surface area contributed by atoms with Crippen LogP contribution in [0.3, 0.4) is 0 Å². The summed E-state index contributed by atoms with van der Waals surface area (Å²) < 4.78 is 9.90. The van der Waals surface area contributed by atoms with Crippen molar-refractivity contribution in [2.24, 2.45) is 0 Å². The van der Waals surface area contributed by atoms with E-state index < -0.39 is 12.4 Å². The van der Waals surface area contributed by atoms with Crippen molar-refractivity contribution in [2.75, 3.05) is 18.0 Å². The minimum absolute atomic E-state index is 0.182. The van der Waals surface area contributed by atoms with E-state index in [2.05, 4.69) is 0 Å². The van der Waals surface area contributed by atoms with Gasteiger partial charge in [-0.25, -0.2) is 4.79 Å². The number of aliphatic hydroxyl groups is 1. The second-order valence-electron chi connectivity index (χ2n) is 5.02. The van der Waals surface area contributed by atoms with Crippen molar-refractivity contribution >= 4 is 11.8 Å². The number of aliphatic hydroxyl groups excluding tert-OH is 1. The maximum Gasteiger partial charge on any atom is 0.516 e. The summed E-state index contributed by atoms with van der Waals surface area (Å²) in [5.74, 6) is 0.373. The van der Waals surface area contributed by atoms with Crippen LogP contribution in [-0.4, -0.2) is 30.6 Å². The minimum Gasteiger partial charge on any atom is -0.402 e. The Kier molecular flexibility index (Phi) is 6.44. The highest BCUT2D eigenvalue weighted by Gasteiger charge is 2.17. The second kappa shape index (κ2) is 8.80. The number of nitrogens with zero attached hydrogens (tertiary/aromatic N) is 1. The molecule has 2 aromatic rings. The van der Waals surface area contributed by atoms with E-state index in [-0.39, 0.29) is 6.54 Å². The average Bonchev–Trinajstić information content (AvgIpc) is 2.56. The Morgan fingerprint density at radius 3 is 2.30 bits per heavy atom. The fourth-order valence-electron chi connectivity index (χ4n) is 2.18. The first-order valence-electron chi connectivity index (χ1n) is 7.60. The zero-order chi connectivity index (χ0) is 16.5. The lowest BCUT2D eigenvalue weighted by atomic mass is 10.2. The Bertz CT molecular complexity index is 588. The molecular formula is C18H21NO4. The molecule has 5 nitrogen and oxygen atoms in total. The van der Waals surface area contributed by atoms with Crippen molar-refractivity contribution in [3.63, 3.8) is 0 Å². The van der Waals surface area contributed by atoms with E-state index >= 15 is 0 Å². The van der Waals surface area contributed by atoms with E-state index in [0.717, 1.165) is 18.7 Å². The van der Waals surface area contributed by atoms with Crippen molar-refractivity contribution in [1.82, 2.24) is 0 Å². The van der Waals surface area contributed by atoms with E-state index in [1.807, 2.05) is 48.2 Å². The zero-order valence-corrected chi connectivity index (χ0v) is 13.1. The summed E-state index contributed by atoms with van der Waals surface area (Å²) >= 11 is 0. The van der Waals surface area contributed by atoms with Crippen LogP contribution in [0, 0.1) is 0 Å². The van der Waals surface area contributed by atoms with Crippen LogP contribution < -0.4 is 9.64 Å². The first-order chi connectivity index (χ1) is 11.2. The maximum atomic E-state index is 11.7. The van der Waals surface area contributed by atoms with Gasteiger partial charge in [0.25, 0.3) is 0 Å². The SMILES string of the molecule is CCCN(CC(O)OC(=O)Oc1ccccc1)c1ccccc1. The second-order valence-corrected chi connectivity index (χ2v) is 5.02. The first kappa shape index (κ1) is 16.8. The van der Waals surface area contributed by atoms with Crippen molar-refractivity contribution < 1.29 is 19.4 Å². The van der Waals surface area contributed by atoms with Gasteiger partial charge in [0.15, 0.2) is 0 Å². The molecule has 2 rings (SSSR count). The summed E-state index contributed by atoms with van der Waals surface area (Å²) in [5, 5.41) is 9.99. The van der Waals surface area contributed by atoms with Crippen molar-refractivity contribution in [2.45, 2.75) is 19.6 Å². The molecule has 0 spiro atoms. The molecule has 122 valence electrons. The number of hydrogen-bond donors (Lipinski definition) is 1. The summed E-state index contributed by atoms with van der Waals surface area (Å²) in [7, 11) is 0. The summed E-state index contributed by atoms with van der Waals surface area (Å²) in [6, 6.07) is 18.3. The van der Waals surface area contributed by atoms with Crippen LogP contribution >= 0.6 is 0 Å². The van der Waals surface area contributed by atoms with Gasteiger partial charge in [0, 0.05) is 12.2 Å². The highest BCUT2D eigenvalue weighted by molar-refractivity contribution is 5.63. The molecule has 0 saturated carbocycles. The Labute approximate surface area is 136 Å². The molecule has 0 aliphatic heterocycles. The van der Waals surface area contributed by atoms with Crippen LogP contribution in [0.25, 0.3) is 0 Å². The molecule has 0 heterocycles. The monoisotopic (exact) mass is 315 g/mol. The normalized spacial score (nSPS) is 11.6. The molecule has 23 heavy (non-hydrogen) atoms. The van der Waals surface area contributed by atoms with Gasteiger partial charge in [0.1, 0.15) is 5.75 Å². The molecule has 0 bridgehead atoms. The molecule has 0 aromatic heterocycles. The van der Waals surface area contributed by atoms with Gasteiger partial charge in [-0.15, -0.1) is 0 Å². The summed E-state index contributed by atoms with van der Waals surface area (Å²) in [5.41, 5.74) is 0.966. The highest BCUT2D eigenvalue weighted by Crippen LogP contribution is 2.15. The lowest BCUT2D eigenvalue weighted by Gasteiger charge is -2.26. The summed E-state index contributed by atoms with van der Waals surface area (Å²) in [6.45, 7) is 2.98. The Morgan fingerprint density at radius 2 is 1.70 bits per heavy atom. The third-order valence-electron chi connectivity index (χ3n) is 3.17. The fourth-order valence-corrected chi connectivity index (χ4v) is 2.18. The van der Waals surface area contributed by atoms with Crippen LogP contribution in [0.15, 0.2) is 60.7 Å². The quantitative estimate of drug-likeness (QED) is 0.482. The lowest BCUT2D eigenvalue weighted by Crippen LogP contribution is -2.36. The highest BCUT2D eigenvalue weighted by atomic mass is 16.8. The number of carbonyl (C=O) groups excluding carboxylic acids is 1. The van der Waals surface area contributed by atoms with Crippen molar-refractivity contribution in [1.29, 1.82) is 0 Å².